The fraction of sp³-hybridized carbons (Fsp3) is 1.00. The topological polar surface area (TPSA) is 18.5 Å². The molecule has 2 atom stereocenters. The molecule has 0 amide bonds. The molecule has 1 aliphatic carbocycles. The molecular weight excluding hydrogens is 104 g/mol. The van der Waals surface area contributed by atoms with E-state index < -0.39 is 0 Å². The lowest BCUT2D eigenvalue weighted by atomic mass is 10.1. The summed E-state index contributed by atoms with van der Waals surface area (Å²) in [6, 6.07) is 0. The van der Waals surface area contributed by atoms with Crippen LogP contribution in [0.15, 0.2) is 0 Å². The highest BCUT2D eigenvalue weighted by molar-refractivity contribution is 4.78. The molecular formula is C6H10O2. The second kappa shape index (κ2) is 1.71. The van der Waals surface area contributed by atoms with Gasteiger partial charge in [0.25, 0.3) is 0 Å². The molecule has 2 unspecified atom stereocenters. The third-order valence-electron chi connectivity index (χ3n) is 2.06. The van der Waals surface area contributed by atoms with Crippen molar-refractivity contribution in [2.45, 2.75) is 25.4 Å². The Kier molecular flexibility index (Phi) is 1.02. The van der Waals surface area contributed by atoms with E-state index in [-0.39, 0.29) is 0 Å². The van der Waals surface area contributed by atoms with Crippen LogP contribution in [-0.4, -0.2) is 12.7 Å². The van der Waals surface area contributed by atoms with Gasteiger partial charge in [-0.2, -0.15) is 0 Å². The fourth-order valence-electron chi connectivity index (χ4n) is 1.53. The van der Waals surface area contributed by atoms with Crippen molar-refractivity contribution in [1.29, 1.82) is 0 Å². The lowest BCUT2D eigenvalue weighted by molar-refractivity contribution is -0.274. The molecule has 2 nitrogen and oxygen atoms in total. The molecule has 2 rings (SSSR count). The second-order valence-corrected chi connectivity index (χ2v) is 2.61. The van der Waals surface area contributed by atoms with Crippen LogP contribution in [0.25, 0.3) is 0 Å². The highest BCUT2D eigenvalue weighted by Gasteiger charge is 2.34. The van der Waals surface area contributed by atoms with Gasteiger partial charge >= 0.3 is 0 Å². The van der Waals surface area contributed by atoms with Gasteiger partial charge in [0.1, 0.15) is 0 Å². The summed E-state index contributed by atoms with van der Waals surface area (Å²) in [4.78, 5) is 9.79. The van der Waals surface area contributed by atoms with Gasteiger partial charge in [-0.3, -0.25) is 0 Å². The molecule has 1 saturated carbocycles. The molecule has 2 fully saturated rings. The molecule has 0 bridgehead atoms. The standard InChI is InChI=1S/C6H10O2/c1-2-5-4-7-8-6(5)3-1/h5-6H,1-4H2. The average molecular weight is 114 g/mol. The second-order valence-electron chi connectivity index (χ2n) is 2.61. The minimum atomic E-state index is 0.454. The first kappa shape index (κ1) is 4.77. The van der Waals surface area contributed by atoms with Gasteiger partial charge in [0.15, 0.2) is 0 Å². The van der Waals surface area contributed by atoms with Crippen molar-refractivity contribution in [2.24, 2.45) is 5.92 Å². The van der Waals surface area contributed by atoms with Gasteiger partial charge in [-0.1, -0.05) is 6.42 Å². The van der Waals surface area contributed by atoms with Crippen LogP contribution in [0.1, 0.15) is 19.3 Å². The highest BCUT2D eigenvalue weighted by Crippen LogP contribution is 2.32. The molecule has 8 heavy (non-hydrogen) atoms. The molecule has 46 valence electrons. The quantitative estimate of drug-likeness (QED) is 0.439. The van der Waals surface area contributed by atoms with E-state index in [9.17, 15) is 0 Å². The maximum atomic E-state index is 4.98. The van der Waals surface area contributed by atoms with Crippen LogP contribution in [-0.2, 0) is 9.78 Å². The summed E-state index contributed by atoms with van der Waals surface area (Å²) in [5.41, 5.74) is 0. The van der Waals surface area contributed by atoms with Crippen molar-refractivity contribution in [1.82, 2.24) is 0 Å². The van der Waals surface area contributed by atoms with E-state index in [0.29, 0.717) is 6.10 Å². The molecule has 1 saturated heterocycles. The molecule has 0 aromatic rings. The van der Waals surface area contributed by atoms with Gasteiger partial charge in [-0.25, -0.2) is 9.78 Å². The molecule has 0 N–H and O–H groups in total. The van der Waals surface area contributed by atoms with Crippen LogP contribution in [0.3, 0.4) is 0 Å². The zero-order chi connectivity index (χ0) is 5.40. The molecule has 2 aliphatic rings. The number of rotatable bonds is 0. The normalized spacial score (nSPS) is 45.0. The van der Waals surface area contributed by atoms with Gasteiger partial charge in [-0.05, 0) is 12.8 Å². The number of fused-ring (bicyclic) bond motifs is 1. The summed E-state index contributed by atoms with van der Waals surface area (Å²) in [7, 11) is 0. The van der Waals surface area contributed by atoms with E-state index in [1.54, 1.807) is 0 Å². The molecule has 0 spiro atoms. The van der Waals surface area contributed by atoms with Crippen LogP contribution in [0.4, 0.5) is 0 Å². The van der Waals surface area contributed by atoms with Gasteiger partial charge in [0.05, 0.1) is 12.7 Å². The van der Waals surface area contributed by atoms with E-state index in [4.69, 9.17) is 9.78 Å². The summed E-state index contributed by atoms with van der Waals surface area (Å²) in [6.45, 7) is 0.838. The third-order valence-corrected chi connectivity index (χ3v) is 2.06. The Labute approximate surface area is 48.7 Å². The first-order chi connectivity index (χ1) is 3.97. The summed E-state index contributed by atoms with van der Waals surface area (Å²) < 4.78 is 0. The Morgan fingerprint density at radius 3 is 3.12 bits per heavy atom. The number of hydrogen-bond acceptors (Lipinski definition) is 2. The minimum Gasteiger partial charge on any atom is -0.236 e. The molecule has 1 aliphatic heterocycles. The lowest BCUT2D eigenvalue weighted by Gasteiger charge is -1.99. The largest absolute Gasteiger partial charge is 0.236 e. The zero-order valence-corrected chi connectivity index (χ0v) is 4.80. The minimum absolute atomic E-state index is 0.454. The van der Waals surface area contributed by atoms with Crippen molar-refractivity contribution in [3.05, 3.63) is 0 Å². The zero-order valence-electron chi connectivity index (χ0n) is 4.80. The Balaban J connectivity index is 2.04. The third kappa shape index (κ3) is 0.565. The van der Waals surface area contributed by atoms with Gasteiger partial charge in [-0.15, -0.1) is 0 Å². The van der Waals surface area contributed by atoms with Crippen molar-refractivity contribution in [2.75, 3.05) is 6.61 Å². The predicted octanol–water partition coefficient (Wildman–Crippen LogP) is 1.12. The first-order valence-corrected chi connectivity index (χ1v) is 3.25. The van der Waals surface area contributed by atoms with Gasteiger partial charge in [0.2, 0.25) is 0 Å². The molecule has 1 heterocycles. The fourth-order valence-corrected chi connectivity index (χ4v) is 1.53. The van der Waals surface area contributed by atoms with E-state index in [2.05, 4.69) is 0 Å². The maximum absolute atomic E-state index is 4.98. The Hall–Kier alpha value is -0.0800. The van der Waals surface area contributed by atoms with Crippen molar-refractivity contribution < 1.29 is 9.78 Å². The Morgan fingerprint density at radius 1 is 1.25 bits per heavy atom. The predicted molar refractivity (Wildman–Crippen MR) is 28.2 cm³/mol. The molecule has 2 heteroatoms. The Morgan fingerprint density at radius 2 is 2.25 bits per heavy atom. The van der Waals surface area contributed by atoms with Crippen LogP contribution < -0.4 is 0 Å². The van der Waals surface area contributed by atoms with E-state index in [1.807, 2.05) is 0 Å². The summed E-state index contributed by atoms with van der Waals surface area (Å²) in [5.74, 6) is 0.731. The average Bonchev–Trinajstić information content (AvgIpc) is 2.15. The van der Waals surface area contributed by atoms with Crippen LogP contribution in [0, 0.1) is 5.92 Å². The van der Waals surface area contributed by atoms with Crippen LogP contribution in [0.5, 0.6) is 0 Å². The summed E-state index contributed by atoms with van der Waals surface area (Å²) in [6.07, 6.45) is 4.31. The van der Waals surface area contributed by atoms with Gasteiger partial charge < -0.3 is 0 Å². The van der Waals surface area contributed by atoms with E-state index in [1.165, 1.54) is 19.3 Å². The van der Waals surface area contributed by atoms with Crippen molar-refractivity contribution in [3.63, 3.8) is 0 Å². The summed E-state index contributed by atoms with van der Waals surface area (Å²) in [5, 5.41) is 0. The lowest BCUT2D eigenvalue weighted by Crippen LogP contribution is -2.07. The highest BCUT2D eigenvalue weighted by atomic mass is 17.2. The van der Waals surface area contributed by atoms with E-state index >= 15 is 0 Å². The molecule has 0 aromatic carbocycles. The van der Waals surface area contributed by atoms with Crippen LogP contribution >= 0.6 is 0 Å². The van der Waals surface area contributed by atoms with Crippen molar-refractivity contribution in [3.8, 4) is 0 Å². The monoisotopic (exact) mass is 114 g/mol. The van der Waals surface area contributed by atoms with Gasteiger partial charge in [0, 0.05) is 5.92 Å². The Bertz CT molecular complexity index is 72.5. The van der Waals surface area contributed by atoms with Crippen molar-refractivity contribution >= 4 is 0 Å². The first-order valence-electron chi connectivity index (χ1n) is 3.25. The molecule has 0 aromatic heterocycles. The SMILES string of the molecule is C1CC2COOC2C1. The summed E-state index contributed by atoms with van der Waals surface area (Å²) >= 11 is 0. The number of hydrogen-bond donors (Lipinski definition) is 0. The maximum Gasteiger partial charge on any atom is 0.0981 e. The van der Waals surface area contributed by atoms with E-state index in [0.717, 1.165) is 12.5 Å². The molecule has 0 radical (unpaired) electrons. The smallest absolute Gasteiger partial charge is 0.0981 e. The van der Waals surface area contributed by atoms with Crippen LogP contribution in [0.2, 0.25) is 0 Å².